The van der Waals surface area contributed by atoms with Crippen LogP contribution in [-0.2, 0) is 6.61 Å². The van der Waals surface area contributed by atoms with Crippen molar-refractivity contribution in [3.05, 3.63) is 104 Å². The average Bonchev–Trinajstić information content (AvgIpc) is 2.74. The fourth-order valence-corrected chi connectivity index (χ4v) is 3.42. The molecule has 150 valence electrons. The molecule has 4 aromatic rings. The van der Waals surface area contributed by atoms with Crippen molar-refractivity contribution in [2.75, 3.05) is 0 Å². The molecule has 0 N–H and O–H groups in total. The third kappa shape index (κ3) is 4.49. The number of aryl methyl sites for hydroxylation is 2. The fraction of sp³-hybridized carbons (Fsp3) is 0.125. The SMILES string of the molecule is Cc1ccc(COc2cccc(C=Nn3c(C)nc4ccc(Br)cc4c3=O)c2)cc1. The number of halogens is 1. The van der Waals surface area contributed by atoms with E-state index in [1.54, 1.807) is 19.2 Å². The van der Waals surface area contributed by atoms with Gasteiger partial charge in [0.25, 0.3) is 5.56 Å². The first-order valence-corrected chi connectivity index (χ1v) is 10.3. The molecule has 0 spiro atoms. The van der Waals surface area contributed by atoms with Crippen molar-refractivity contribution in [2.24, 2.45) is 5.10 Å². The molecule has 1 heterocycles. The van der Waals surface area contributed by atoms with E-state index in [4.69, 9.17) is 4.74 Å². The van der Waals surface area contributed by atoms with Gasteiger partial charge >= 0.3 is 0 Å². The van der Waals surface area contributed by atoms with Crippen molar-refractivity contribution in [2.45, 2.75) is 20.5 Å². The maximum atomic E-state index is 12.8. The highest BCUT2D eigenvalue weighted by Crippen LogP contribution is 2.17. The number of rotatable bonds is 5. The van der Waals surface area contributed by atoms with Gasteiger partial charge in [0.1, 0.15) is 18.2 Å². The Balaban J connectivity index is 1.56. The number of nitrogens with zero attached hydrogens (tertiary/aromatic N) is 3. The molecule has 30 heavy (non-hydrogen) atoms. The normalized spacial score (nSPS) is 11.3. The number of hydrogen-bond donors (Lipinski definition) is 0. The lowest BCUT2D eigenvalue weighted by atomic mass is 10.2. The van der Waals surface area contributed by atoms with E-state index in [1.165, 1.54) is 10.2 Å². The third-order valence-electron chi connectivity index (χ3n) is 4.68. The average molecular weight is 462 g/mol. The Hall–Kier alpha value is -3.25. The molecule has 0 amide bonds. The monoisotopic (exact) mass is 461 g/mol. The van der Waals surface area contributed by atoms with Crippen LogP contribution in [0.2, 0.25) is 0 Å². The van der Waals surface area contributed by atoms with Crippen molar-refractivity contribution in [1.82, 2.24) is 9.66 Å². The Morgan fingerprint density at radius 2 is 1.87 bits per heavy atom. The molecule has 5 nitrogen and oxygen atoms in total. The quantitative estimate of drug-likeness (QED) is 0.382. The van der Waals surface area contributed by atoms with Crippen LogP contribution in [0.1, 0.15) is 22.5 Å². The molecular weight excluding hydrogens is 442 g/mol. The van der Waals surface area contributed by atoms with Crippen LogP contribution in [0.25, 0.3) is 10.9 Å². The number of hydrogen-bond acceptors (Lipinski definition) is 4. The molecule has 6 heteroatoms. The maximum absolute atomic E-state index is 12.8. The zero-order valence-electron chi connectivity index (χ0n) is 16.7. The highest BCUT2D eigenvalue weighted by atomic mass is 79.9. The summed E-state index contributed by atoms with van der Waals surface area (Å²) in [7, 11) is 0. The van der Waals surface area contributed by atoms with Crippen LogP contribution >= 0.6 is 15.9 Å². The second kappa shape index (κ2) is 8.63. The first-order chi connectivity index (χ1) is 14.5. The second-order valence-corrected chi connectivity index (χ2v) is 7.94. The van der Waals surface area contributed by atoms with E-state index in [2.05, 4.69) is 57.2 Å². The summed E-state index contributed by atoms with van der Waals surface area (Å²) >= 11 is 3.40. The molecule has 0 aliphatic heterocycles. The Bertz CT molecular complexity index is 1290. The zero-order chi connectivity index (χ0) is 21.1. The van der Waals surface area contributed by atoms with Crippen LogP contribution in [0.5, 0.6) is 5.75 Å². The van der Waals surface area contributed by atoms with Crippen molar-refractivity contribution in [3.8, 4) is 5.75 Å². The molecule has 0 bridgehead atoms. The van der Waals surface area contributed by atoms with Crippen LogP contribution in [0.3, 0.4) is 0 Å². The number of fused-ring (bicyclic) bond motifs is 1. The van der Waals surface area contributed by atoms with Crippen LogP contribution in [0.15, 0.2) is 81.1 Å². The first kappa shape index (κ1) is 20.0. The lowest BCUT2D eigenvalue weighted by Gasteiger charge is -2.08. The summed E-state index contributed by atoms with van der Waals surface area (Å²) in [5.41, 5.74) is 3.60. The van der Waals surface area contributed by atoms with Gasteiger partial charge in [0.05, 0.1) is 17.1 Å². The number of benzene rings is 3. The van der Waals surface area contributed by atoms with E-state index < -0.39 is 0 Å². The first-order valence-electron chi connectivity index (χ1n) is 9.51. The van der Waals surface area contributed by atoms with Gasteiger partial charge in [-0.2, -0.15) is 9.78 Å². The smallest absolute Gasteiger partial charge is 0.282 e. The lowest BCUT2D eigenvalue weighted by molar-refractivity contribution is 0.306. The molecule has 0 aliphatic carbocycles. The van der Waals surface area contributed by atoms with E-state index in [0.717, 1.165) is 21.3 Å². The van der Waals surface area contributed by atoms with E-state index in [9.17, 15) is 4.79 Å². The topological polar surface area (TPSA) is 56.5 Å². The molecule has 0 saturated carbocycles. The van der Waals surface area contributed by atoms with Gasteiger partial charge in [-0.25, -0.2) is 4.98 Å². The molecular formula is C24H20BrN3O2. The van der Waals surface area contributed by atoms with Crippen LogP contribution in [0, 0.1) is 13.8 Å². The largest absolute Gasteiger partial charge is 0.489 e. The van der Waals surface area contributed by atoms with Gasteiger partial charge in [-0.15, -0.1) is 0 Å². The molecule has 4 rings (SSSR count). The Morgan fingerprint density at radius 1 is 1.07 bits per heavy atom. The van der Waals surface area contributed by atoms with Crippen molar-refractivity contribution >= 4 is 33.0 Å². The van der Waals surface area contributed by atoms with Gasteiger partial charge in [-0.3, -0.25) is 4.79 Å². The summed E-state index contributed by atoms with van der Waals surface area (Å²) in [4.78, 5) is 17.3. The van der Waals surface area contributed by atoms with Gasteiger partial charge in [-0.05, 0) is 55.3 Å². The summed E-state index contributed by atoms with van der Waals surface area (Å²) in [6.45, 7) is 4.31. The predicted molar refractivity (Wildman–Crippen MR) is 123 cm³/mol. The standard InChI is InChI=1S/C24H20BrN3O2/c1-16-6-8-18(9-7-16)15-30-21-5-3-4-19(12-21)14-26-28-17(2)27-23-11-10-20(25)13-22(23)24(28)29/h3-14H,15H2,1-2H3. The summed E-state index contributed by atoms with van der Waals surface area (Å²) < 4.78 is 8.03. The highest BCUT2D eigenvalue weighted by molar-refractivity contribution is 9.10. The van der Waals surface area contributed by atoms with Crippen molar-refractivity contribution in [1.29, 1.82) is 0 Å². The summed E-state index contributed by atoms with van der Waals surface area (Å²) in [6, 6.07) is 21.3. The Morgan fingerprint density at radius 3 is 2.67 bits per heavy atom. The van der Waals surface area contributed by atoms with Gasteiger partial charge in [-0.1, -0.05) is 57.9 Å². The molecule has 1 aromatic heterocycles. The summed E-state index contributed by atoms with van der Waals surface area (Å²) in [6.07, 6.45) is 1.64. The van der Waals surface area contributed by atoms with E-state index in [0.29, 0.717) is 23.3 Å². The fourth-order valence-electron chi connectivity index (χ4n) is 3.06. The molecule has 0 saturated heterocycles. The lowest BCUT2D eigenvalue weighted by Crippen LogP contribution is -2.20. The number of aromatic nitrogens is 2. The van der Waals surface area contributed by atoms with Gasteiger partial charge in [0.2, 0.25) is 0 Å². The van der Waals surface area contributed by atoms with Gasteiger partial charge < -0.3 is 4.74 Å². The highest BCUT2D eigenvalue weighted by Gasteiger charge is 2.07. The second-order valence-electron chi connectivity index (χ2n) is 7.03. The van der Waals surface area contributed by atoms with E-state index >= 15 is 0 Å². The molecule has 0 atom stereocenters. The minimum absolute atomic E-state index is 0.207. The number of ether oxygens (including phenoxy) is 1. The van der Waals surface area contributed by atoms with Crippen LogP contribution in [0.4, 0.5) is 0 Å². The van der Waals surface area contributed by atoms with Gasteiger partial charge in [0.15, 0.2) is 0 Å². The molecule has 0 radical (unpaired) electrons. The van der Waals surface area contributed by atoms with Crippen molar-refractivity contribution < 1.29 is 4.74 Å². The minimum Gasteiger partial charge on any atom is -0.489 e. The Labute approximate surface area is 182 Å². The molecule has 0 unspecified atom stereocenters. The van der Waals surface area contributed by atoms with E-state index in [-0.39, 0.29) is 5.56 Å². The third-order valence-corrected chi connectivity index (χ3v) is 5.17. The summed E-state index contributed by atoms with van der Waals surface area (Å²) in [5, 5.41) is 4.89. The van der Waals surface area contributed by atoms with Crippen LogP contribution < -0.4 is 10.3 Å². The van der Waals surface area contributed by atoms with E-state index in [1.807, 2.05) is 36.4 Å². The molecule has 0 aliphatic rings. The van der Waals surface area contributed by atoms with Gasteiger partial charge in [0, 0.05) is 4.47 Å². The maximum Gasteiger partial charge on any atom is 0.282 e. The summed E-state index contributed by atoms with van der Waals surface area (Å²) in [5.74, 6) is 1.27. The Kier molecular flexibility index (Phi) is 5.77. The molecule has 3 aromatic carbocycles. The minimum atomic E-state index is -0.207. The zero-order valence-corrected chi connectivity index (χ0v) is 18.3. The predicted octanol–water partition coefficient (Wildman–Crippen LogP) is 5.24. The molecule has 0 fully saturated rings. The van der Waals surface area contributed by atoms with Crippen molar-refractivity contribution in [3.63, 3.8) is 0 Å². The van der Waals surface area contributed by atoms with Crippen LogP contribution in [-0.4, -0.2) is 15.9 Å².